The highest BCUT2D eigenvalue weighted by Gasteiger charge is 2.11. The molecule has 0 aliphatic carbocycles. The fourth-order valence-corrected chi connectivity index (χ4v) is 2.33. The first kappa shape index (κ1) is 15.4. The molecule has 2 amide bonds. The highest BCUT2D eigenvalue weighted by atomic mass is 32.1. The molecule has 2 rings (SSSR count). The smallest absolute Gasteiger partial charge is 0.307 e. The zero-order valence-corrected chi connectivity index (χ0v) is 13.2. The van der Waals surface area contributed by atoms with Crippen LogP contribution >= 0.6 is 12.6 Å². The van der Waals surface area contributed by atoms with Gasteiger partial charge in [0.2, 0.25) is 0 Å². The first-order chi connectivity index (χ1) is 10.1. The fourth-order valence-electron chi connectivity index (χ4n) is 2.12. The van der Waals surface area contributed by atoms with Gasteiger partial charge in [-0.2, -0.15) is 0 Å². The Labute approximate surface area is 131 Å². The minimum absolute atomic E-state index is 0.257. The van der Waals surface area contributed by atoms with Gasteiger partial charge in [0.25, 0.3) is 0 Å². The van der Waals surface area contributed by atoms with Crippen LogP contribution in [0.5, 0.6) is 0 Å². The minimum atomic E-state index is -0.257. The summed E-state index contributed by atoms with van der Waals surface area (Å²) in [5.74, 6) is 0.402. The first-order valence-corrected chi connectivity index (χ1v) is 7.51. The fraction of sp³-hybridized carbons (Fsp3) is 0.235. The maximum Gasteiger partial charge on any atom is 0.323 e. The predicted molar refractivity (Wildman–Crippen MR) is 91.5 cm³/mol. The van der Waals surface area contributed by atoms with Crippen LogP contribution in [0.25, 0.3) is 0 Å². The Bertz CT molecular complexity index is 628. The summed E-state index contributed by atoms with van der Waals surface area (Å²) in [5, 5.41) is 5.73. The largest absolute Gasteiger partial charge is 0.323 e. The van der Waals surface area contributed by atoms with Crippen LogP contribution in [-0.4, -0.2) is 6.03 Å². The summed E-state index contributed by atoms with van der Waals surface area (Å²) in [6.45, 7) is 4.29. The van der Waals surface area contributed by atoms with Crippen LogP contribution in [0.4, 0.5) is 16.2 Å². The average molecular weight is 300 g/mol. The third-order valence-electron chi connectivity index (χ3n) is 3.50. The van der Waals surface area contributed by atoms with E-state index in [-0.39, 0.29) is 6.03 Å². The molecule has 0 fully saturated rings. The molecule has 0 radical (unpaired) electrons. The van der Waals surface area contributed by atoms with E-state index in [9.17, 15) is 4.79 Å². The molecule has 21 heavy (non-hydrogen) atoms. The number of nitrogens with one attached hydrogen (secondary N) is 2. The quantitative estimate of drug-likeness (QED) is 0.673. The Morgan fingerprint density at radius 2 is 1.62 bits per heavy atom. The Morgan fingerprint density at radius 1 is 1.05 bits per heavy atom. The number of carbonyl (C=O) groups is 1. The number of anilines is 2. The molecule has 2 aromatic carbocycles. The van der Waals surface area contributed by atoms with E-state index in [1.54, 1.807) is 0 Å². The van der Waals surface area contributed by atoms with E-state index in [0.29, 0.717) is 11.6 Å². The topological polar surface area (TPSA) is 41.1 Å². The molecule has 3 nitrogen and oxygen atoms in total. The van der Waals surface area contributed by atoms with Gasteiger partial charge in [-0.05, 0) is 36.1 Å². The molecule has 0 bridgehead atoms. The van der Waals surface area contributed by atoms with Crippen molar-refractivity contribution in [2.45, 2.75) is 31.1 Å². The van der Waals surface area contributed by atoms with Crippen LogP contribution < -0.4 is 10.6 Å². The molecule has 0 spiro atoms. The van der Waals surface area contributed by atoms with Gasteiger partial charge in [-0.3, -0.25) is 0 Å². The lowest BCUT2D eigenvalue weighted by Crippen LogP contribution is -2.20. The van der Waals surface area contributed by atoms with Crippen molar-refractivity contribution in [1.29, 1.82) is 0 Å². The average Bonchev–Trinajstić information content (AvgIpc) is 2.49. The number of hydrogen-bond acceptors (Lipinski definition) is 2. The van der Waals surface area contributed by atoms with Crippen molar-refractivity contribution < 1.29 is 4.79 Å². The van der Waals surface area contributed by atoms with Crippen LogP contribution in [0.3, 0.4) is 0 Å². The van der Waals surface area contributed by atoms with Crippen LogP contribution in [0.15, 0.2) is 53.4 Å². The molecule has 0 saturated heterocycles. The number of urea groups is 1. The number of para-hydroxylation sites is 2. The van der Waals surface area contributed by atoms with Gasteiger partial charge < -0.3 is 10.6 Å². The maximum atomic E-state index is 12.1. The summed E-state index contributed by atoms with van der Waals surface area (Å²) >= 11 is 4.32. The summed E-state index contributed by atoms with van der Waals surface area (Å²) in [6.07, 6.45) is 1.03. The third-order valence-corrected chi connectivity index (χ3v) is 3.89. The molecule has 2 aromatic rings. The van der Waals surface area contributed by atoms with Gasteiger partial charge in [-0.1, -0.05) is 44.2 Å². The van der Waals surface area contributed by atoms with Gasteiger partial charge >= 0.3 is 6.03 Å². The lowest BCUT2D eigenvalue weighted by Gasteiger charge is -2.16. The van der Waals surface area contributed by atoms with Crippen LogP contribution in [-0.2, 0) is 0 Å². The second-order valence-electron chi connectivity index (χ2n) is 4.99. The van der Waals surface area contributed by atoms with Gasteiger partial charge in [-0.15, -0.1) is 12.6 Å². The van der Waals surface area contributed by atoms with E-state index >= 15 is 0 Å². The Hall–Kier alpha value is -1.94. The summed E-state index contributed by atoms with van der Waals surface area (Å²) in [6, 6.07) is 15.0. The van der Waals surface area contributed by atoms with Gasteiger partial charge in [0.05, 0.1) is 5.69 Å². The molecule has 0 aliphatic rings. The number of thiol groups is 1. The van der Waals surface area contributed by atoms with Crippen molar-refractivity contribution in [3.8, 4) is 0 Å². The molecule has 1 atom stereocenters. The minimum Gasteiger partial charge on any atom is -0.307 e. The van der Waals surface area contributed by atoms with E-state index in [4.69, 9.17) is 0 Å². The van der Waals surface area contributed by atoms with Crippen LogP contribution in [0.1, 0.15) is 31.7 Å². The lowest BCUT2D eigenvalue weighted by atomic mass is 9.97. The zero-order chi connectivity index (χ0) is 15.2. The molecule has 2 N–H and O–H groups in total. The third kappa shape index (κ3) is 4.02. The normalized spacial score (nSPS) is 11.8. The highest BCUT2D eigenvalue weighted by molar-refractivity contribution is 7.80. The summed E-state index contributed by atoms with van der Waals surface area (Å²) in [4.78, 5) is 12.9. The van der Waals surface area contributed by atoms with Crippen molar-refractivity contribution in [2.24, 2.45) is 0 Å². The van der Waals surface area contributed by atoms with E-state index in [2.05, 4.69) is 43.2 Å². The predicted octanol–water partition coefficient (Wildman–Crippen LogP) is 5.13. The first-order valence-electron chi connectivity index (χ1n) is 7.06. The van der Waals surface area contributed by atoms with E-state index < -0.39 is 0 Å². The Kier molecular flexibility index (Phi) is 5.28. The molecule has 0 heterocycles. The molecule has 0 saturated carbocycles. The summed E-state index contributed by atoms with van der Waals surface area (Å²) in [7, 11) is 0. The Balaban J connectivity index is 2.12. The second kappa shape index (κ2) is 7.18. The highest BCUT2D eigenvalue weighted by Crippen LogP contribution is 2.27. The van der Waals surface area contributed by atoms with Crippen LogP contribution in [0.2, 0.25) is 0 Å². The van der Waals surface area contributed by atoms with Crippen molar-refractivity contribution in [2.75, 3.05) is 10.6 Å². The maximum absolute atomic E-state index is 12.1. The summed E-state index contributed by atoms with van der Waals surface area (Å²) in [5.41, 5.74) is 2.69. The van der Waals surface area contributed by atoms with Gasteiger partial charge in [0.1, 0.15) is 0 Å². The van der Waals surface area contributed by atoms with Gasteiger partial charge in [0, 0.05) is 10.6 Å². The van der Waals surface area contributed by atoms with Gasteiger partial charge in [-0.25, -0.2) is 4.79 Å². The van der Waals surface area contributed by atoms with Crippen molar-refractivity contribution in [1.82, 2.24) is 0 Å². The monoisotopic (exact) mass is 300 g/mol. The SMILES string of the molecule is CCC(C)c1ccccc1NC(=O)Nc1ccccc1S. The standard InChI is InChI=1S/C17H20N2OS/c1-3-12(2)13-8-4-5-9-14(13)18-17(20)19-15-10-6-7-11-16(15)21/h4-12,21H,3H2,1-2H3,(H2,18,19,20). The van der Waals surface area contributed by atoms with Crippen molar-refractivity contribution >= 4 is 30.0 Å². The number of rotatable bonds is 4. The molecule has 1 unspecified atom stereocenters. The Morgan fingerprint density at radius 3 is 2.29 bits per heavy atom. The molecule has 4 heteroatoms. The lowest BCUT2D eigenvalue weighted by molar-refractivity contribution is 0.262. The van der Waals surface area contributed by atoms with Crippen molar-refractivity contribution in [3.05, 3.63) is 54.1 Å². The molecule has 0 aromatic heterocycles. The zero-order valence-electron chi connectivity index (χ0n) is 12.3. The van der Waals surface area contributed by atoms with Crippen molar-refractivity contribution in [3.63, 3.8) is 0 Å². The number of amides is 2. The molecular formula is C17H20N2OS. The molecule has 0 aliphatic heterocycles. The van der Waals surface area contributed by atoms with E-state index in [1.165, 1.54) is 0 Å². The van der Waals surface area contributed by atoms with Crippen LogP contribution in [0, 0.1) is 0 Å². The van der Waals surface area contributed by atoms with E-state index in [0.717, 1.165) is 22.6 Å². The number of carbonyl (C=O) groups excluding carboxylic acids is 1. The molecular weight excluding hydrogens is 280 g/mol. The number of hydrogen-bond donors (Lipinski definition) is 3. The van der Waals surface area contributed by atoms with E-state index in [1.807, 2.05) is 42.5 Å². The second-order valence-corrected chi connectivity index (χ2v) is 5.47. The number of benzene rings is 2. The van der Waals surface area contributed by atoms with Gasteiger partial charge in [0.15, 0.2) is 0 Å². The molecule has 110 valence electrons. The summed E-state index contributed by atoms with van der Waals surface area (Å²) < 4.78 is 0.